The van der Waals surface area contributed by atoms with Crippen molar-refractivity contribution in [2.24, 2.45) is 0 Å². The third kappa shape index (κ3) is 65.5. The van der Waals surface area contributed by atoms with Crippen LogP contribution in [0.3, 0.4) is 0 Å². The Labute approximate surface area is 491 Å². The number of esters is 2. The molecular formula is C69H135NO8P+. The predicted octanol–water partition coefficient (Wildman–Crippen LogP) is 22.1. The third-order valence-electron chi connectivity index (χ3n) is 15.7. The number of hydrogen-bond acceptors (Lipinski definition) is 7. The second kappa shape index (κ2) is 61.1. The molecule has 79 heavy (non-hydrogen) atoms. The normalized spacial score (nSPS) is 13.2. The van der Waals surface area contributed by atoms with Crippen LogP contribution in [0.25, 0.3) is 0 Å². The number of nitrogens with zero attached hydrogens (tertiary/aromatic N) is 1. The van der Waals surface area contributed by atoms with Crippen molar-refractivity contribution < 1.29 is 42.1 Å². The molecule has 0 saturated carbocycles. The lowest BCUT2D eigenvalue weighted by Gasteiger charge is -2.24. The van der Waals surface area contributed by atoms with Crippen LogP contribution < -0.4 is 0 Å². The molecule has 0 amide bonds. The molecule has 468 valence electrons. The van der Waals surface area contributed by atoms with Crippen LogP contribution in [0.4, 0.5) is 0 Å². The van der Waals surface area contributed by atoms with Crippen LogP contribution in [0.15, 0.2) is 24.3 Å². The fraction of sp³-hybridized carbons (Fsp3) is 0.913. The van der Waals surface area contributed by atoms with Crippen LogP contribution in [0.1, 0.15) is 354 Å². The molecule has 0 aromatic carbocycles. The number of allylic oxidation sites excluding steroid dienone is 4. The summed E-state index contributed by atoms with van der Waals surface area (Å²) in [5.74, 6) is -0.774. The van der Waals surface area contributed by atoms with Gasteiger partial charge in [-0.25, -0.2) is 4.57 Å². The van der Waals surface area contributed by atoms with Gasteiger partial charge in [0.2, 0.25) is 0 Å². The molecule has 0 saturated heterocycles. The van der Waals surface area contributed by atoms with Gasteiger partial charge in [-0.2, -0.15) is 0 Å². The number of carbonyl (C=O) groups excluding carboxylic acids is 2. The average molecular weight is 1140 g/mol. The van der Waals surface area contributed by atoms with Crippen molar-refractivity contribution in [1.29, 1.82) is 0 Å². The van der Waals surface area contributed by atoms with Crippen LogP contribution in [-0.4, -0.2) is 74.9 Å². The van der Waals surface area contributed by atoms with Gasteiger partial charge in [-0.1, -0.05) is 321 Å². The molecule has 0 bridgehead atoms. The molecule has 0 aliphatic heterocycles. The lowest BCUT2D eigenvalue weighted by Crippen LogP contribution is -2.37. The van der Waals surface area contributed by atoms with Gasteiger partial charge < -0.3 is 18.9 Å². The highest BCUT2D eigenvalue weighted by Gasteiger charge is 2.27. The van der Waals surface area contributed by atoms with E-state index in [0.29, 0.717) is 23.9 Å². The second-order valence-corrected chi connectivity index (χ2v) is 26.4. The molecule has 0 aromatic heterocycles. The molecule has 0 radical (unpaired) electrons. The largest absolute Gasteiger partial charge is 0.472 e. The number of unbranched alkanes of at least 4 members (excludes halogenated alkanes) is 47. The van der Waals surface area contributed by atoms with E-state index in [1.165, 1.54) is 283 Å². The molecule has 0 aliphatic rings. The maximum Gasteiger partial charge on any atom is 0.472 e. The first-order chi connectivity index (χ1) is 38.5. The quantitative estimate of drug-likeness (QED) is 0.0211. The number of hydrogen-bond donors (Lipinski definition) is 1. The Kier molecular flexibility index (Phi) is 59.9. The molecule has 0 aromatic rings. The zero-order valence-corrected chi connectivity index (χ0v) is 54.3. The molecular weight excluding hydrogens is 1000 g/mol. The SMILES string of the molecule is CCCCCCC/C=C\C/C=C\CCCCCCCCCCCCCCCCCCCC(=O)OC(COC(=O)CCCCCCCCCCCCCCCCCCCCCCCCCCCC)COP(=O)(O)OCC[N+](C)(C)C. The van der Waals surface area contributed by atoms with Crippen LogP contribution in [0, 0.1) is 0 Å². The van der Waals surface area contributed by atoms with Crippen molar-refractivity contribution in [3.63, 3.8) is 0 Å². The van der Waals surface area contributed by atoms with Crippen molar-refractivity contribution in [3.8, 4) is 0 Å². The van der Waals surface area contributed by atoms with Gasteiger partial charge in [0.15, 0.2) is 6.10 Å². The Hall–Kier alpha value is -1.51. The minimum absolute atomic E-state index is 0.0355. The fourth-order valence-corrected chi connectivity index (χ4v) is 11.1. The van der Waals surface area contributed by atoms with E-state index in [1.807, 2.05) is 21.1 Å². The first kappa shape index (κ1) is 77.5. The highest BCUT2D eigenvalue weighted by molar-refractivity contribution is 7.47. The minimum Gasteiger partial charge on any atom is -0.462 e. The minimum atomic E-state index is -4.39. The molecule has 10 heteroatoms. The number of phosphoric ester groups is 1. The number of phosphoric acid groups is 1. The summed E-state index contributed by atoms with van der Waals surface area (Å²) in [5.41, 5.74) is 0. The molecule has 0 rings (SSSR count). The summed E-state index contributed by atoms with van der Waals surface area (Å²) in [4.78, 5) is 35.9. The number of likely N-dealkylation sites (N-methyl/N-ethyl adjacent to an activating group) is 1. The molecule has 0 fully saturated rings. The Morgan fingerprint density at radius 3 is 1.00 bits per heavy atom. The van der Waals surface area contributed by atoms with E-state index >= 15 is 0 Å². The van der Waals surface area contributed by atoms with Crippen molar-refractivity contribution in [2.45, 2.75) is 360 Å². The maximum absolute atomic E-state index is 12.9. The lowest BCUT2D eigenvalue weighted by molar-refractivity contribution is -0.870. The molecule has 0 spiro atoms. The van der Waals surface area contributed by atoms with Crippen LogP contribution in [-0.2, 0) is 32.7 Å². The fourth-order valence-electron chi connectivity index (χ4n) is 10.4. The van der Waals surface area contributed by atoms with E-state index in [4.69, 9.17) is 18.5 Å². The second-order valence-electron chi connectivity index (χ2n) is 24.9. The molecule has 9 nitrogen and oxygen atoms in total. The molecule has 0 heterocycles. The van der Waals surface area contributed by atoms with E-state index in [-0.39, 0.29) is 25.6 Å². The summed E-state index contributed by atoms with van der Waals surface area (Å²) in [5, 5.41) is 0. The first-order valence-corrected chi connectivity index (χ1v) is 36.1. The Balaban J connectivity index is 4.01. The van der Waals surface area contributed by atoms with Gasteiger partial charge in [-0.15, -0.1) is 0 Å². The van der Waals surface area contributed by atoms with Gasteiger partial charge >= 0.3 is 19.8 Å². The predicted molar refractivity (Wildman–Crippen MR) is 340 cm³/mol. The van der Waals surface area contributed by atoms with E-state index < -0.39 is 26.5 Å². The van der Waals surface area contributed by atoms with Crippen LogP contribution >= 0.6 is 7.82 Å². The van der Waals surface area contributed by atoms with E-state index in [2.05, 4.69) is 38.2 Å². The number of carbonyl (C=O) groups is 2. The van der Waals surface area contributed by atoms with E-state index in [0.717, 1.165) is 38.5 Å². The van der Waals surface area contributed by atoms with Crippen molar-refractivity contribution >= 4 is 19.8 Å². The molecule has 2 atom stereocenters. The number of ether oxygens (including phenoxy) is 2. The van der Waals surface area contributed by atoms with Crippen molar-refractivity contribution in [1.82, 2.24) is 0 Å². The molecule has 2 unspecified atom stereocenters. The standard InChI is InChI=1S/C69H134NO8P/c1-6-8-10-12-14-16-18-20-22-24-26-28-30-32-34-35-36-38-40-42-44-46-48-50-52-54-56-58-60-62-69(72)78-67(66-77-79(73,74)76-64-63-70(3,4)5)65-75-68(71)61-59-57-55-53-51-49-47-45-43-41-39-37-33-31-29-27-25-23-21-19-17-15-13-11-9-7-2/h18,20,24,26,67H,6-17,19,21-23,25,27-66H2,1-5H3/p+1/b20-18-,26-24-. The smallest absolute Gasteiger partial charge is 0.462 e. The van der Waals surface area contributed by atoms with E-state index in [9.17, 15) is 19.0 Å². The average Bonchev–Trinajstić information content (AvgIpc) is 3.41. The number of quaternary nitrogens is 1. The molecule has 0 aliphatic carbocycles. The summed E-state index contributed by atoms with van der Waals surface area (Å²) in [6, 6.07) is 0. The molecule has 1 N–H and O–H groups in total. The van der Waals surface area contributed by atoms with E-state index in [1.54, 1.807) is 0 Å². The topological polar surface area (TPSA) is 108 Å². The van der Waals surface area contributed by atoms with Gasteiger partial charge in [0, 0.05) is 12.8 Å². The van der Waals surface area contributed by atoms with Gasteiger partial charge in [0.05, 0.1) is 27.7 Å². The highest BCUT2D eigenvalue weighted by atomic mass is 31.2. The summed E-state index contributed by atoms with van der Waals surface area (Å²) in [6.07, 6.45) is 75.7. The zero-order chi connectivity index (χ0) is 57.7. The van der Waals surface area contributed by atoms with Gasteiger partial charge in [-0.05, 0) is 44.9 Å². The van der Waals surface area contributed by atoms with Gasteiger partial charge in [0.25, 0.3) is 0 Å². The Morgan fingerprint density at radius 1 is 0.392 bits per heavy atom. The highest BCUT2D eigenvalue weighted by Crippen LogP contribution is 2.43. The van der Waals surface area contributed by atoms with Crippen molar-refractivity contribution in [2.75, 3.05) is 47.5 Å². The zero-order valence-electron chi connectivity index (χ0n) is 53.4. The summed E-state index contributed by atoms with van der Waals surface area (Å²) < 4.78 is 34.7. The Bertz CT molecular complexity index is 1380. The number of rotatable bonds is 65. The monoisotopic (exact) mass is 1140 g/mol. The van der Waals surface area contributed by atoms with Gasteiger partial charge in [0.1, 0.15) is 19.8 Å². The maximum atomic E-state index is 12.9. The Morgan fingerprint density at radius 2 is 0.684 bits per heavy atom. The summed E-state index contributed by atoms with van der Waals surface area (Å²) >= 11 is 0. The van der Waals surface area contributed by atoms with Crippen LogP contribution in [0.2, 0.25) is 0 Å². The van der Waals surface area contributed by atoms with Gasteiger partial charge in [-0.3, -0.25) is 18.6 Å². The van der Waals surface area contributed by atoms with Crippen molar-refractivity contribution in [3.05, 3.63) is 24.3 Å². The third-order valence-corrected chi connectivity index (χ3v) is 16.7. The first-order valence-electron chi connectivity index (χ1n) is 34.6. The van der Waals surface area contributed by atoms with Crippen LogP contribution in [0.5, 0.6) is 0 Å². The summed E-state index contributed by atoms with van der Waals surface area (Å²) in [6.45, 7) is 4.50. The summed E-state index contributed by atoms with van der Waals surface area (Å²) in [7, 11) is 1.50. The lowest BCUT2D eigenvalue weighted by atomic mass is 10.0.